The SMILES string of the molecule is CC(=O)NCCNC(=O)c1c(O)cccc1O. The van der Waals surface area contributed by atoms with Gasteiger partial charge >= 0.3 is 0 Å². The highest BCUT2D eigenvalue weighted by Crippen LogP contribution is 2.25. The van der Waals surface area contributed by atoms with Gasteiger partial charge in [-0.25, -0.2) is 0 Å². The van der Waals surface area contributed by atoms with Crippen molar-refractivity contribution < 1.29 is 19.8 Å². The third kappa shape index (κ3) is 3.67. The Labute approximate surface area is 98.3 Å². The van der Waals surface area contributed by atoms with E-state index in [1.165, 1.54) is 25.1 Å². The fourth-order valence-corrected chi connectivity index (χ4v) is 1.26. The number of carbonyl (C=O) groups is 2. The normalized spacial score (nSPS) is 9.71. The van der Waals surface area contributed by atoms with Crippen molar-refractivity contribution in [1.29, 1.82) is 0 Å². The second kappa shape index (κ2) is 5.74. The number of rotatable bonds is 4. The molecule has 0 spiro atoms. The minimum Gasteiger partial charge on any atom is -0.507 e. The van der Waals surface area contributed by atoms with E-state index in [0.717, 1.165) is 0 Å². The highest BCUT2D eigenvalue weighted by molar-refractivity contribution is 5.99. The van der Waals surface area contributed by atoms with Gasteiger partial charge in [0.15, 0.2) is 0 Å². The van der Waals surface area contributed by atoms with Gasteiger partial charge < -0.3 is 20.8 Å². The molecule has 0 bridgehead atoms. The Hall–Kier alpha value is -2.24. The van der Waals surface area contributed by atoms with Crippen LogP contribution in [0.2, 0.25) is 0 Å². The van der Waals surface area contributed by atoms with Gasteiger partial charge in [0.05, 0.1) is 0 Å². The molecular formula is C11H14N2O4. The topological polar surface area (TPSA) is 98.7 Å². The van der Waals surface area contributed by atoms with Crippen molar-refractivity contribution in [2.24, 2.45) is 0 Å². The summed E-state index contributed by atoms with van der Waals surface area (Å²) in [6, 6.07) is 4.05. The maximum Gasteiger partial charge on any atom is 0.258 e. The standard InChI is InChI=1S/C11H14N2O4/c1-7(14)12-5-6-13-11(17)10-8(15)3-2-4-9(10)16/h2-4,15-16H,5-6H2,1H3,(H,12,14)(H,13,17). The van der Waals surface area contributed by atoms with Crippen LogP contribution in [0, 0.1) is 0 Å². The Kier molecular flexibility index (Phi) is 4.33. The Morgan fingerprint density at radius 3 is 2.18 bits per heavy atom. The van der Waals surface area contributed by atoms with E-state index in [9.17, 15) is 19.8 Å². The fourth-order valence-electron chi connectivity index (χ4n) is 1.26. The minimum absolute atomic E-state index is 0.171. The number of amides is 2. The molecule has 1 aromatic carbocycles. The first-order valence-corrected chi connectivity index (χ1v) is 5.06. The highest BCUT2D eigenvalue weighted by Gasteiger charge is 2.14. The van der Waals surface area contributed by atoms with Gasteiger partial charge in [0.25, 0.3) is 5.91 Å². The van der Waals surface area contributed by atoms with Crippen molar-refractivity contribution >= 4 is 11.8 Å². The quantitative estimate of drug-likeness (QED) is 0.553. The molecule has 0 saturated heterocycles. The summed E-state index contributed by atoms with van der Waals surface area (Å²) in [6.07, 6.45) is 0. The van der Waals surface area contributed by atoms with E-state index in [4.69, 9.17) is 0 Å². The molecule has 0 fully saturated rings. The molecule has 2 amide bonds. The smallest absolute Gasteiger partial charge is 0.258 e. The predicted octanol–water partition coefficient (Wildman–Crippen LogP) is -0.0363. The molecule has 92 valence electrons. The highest BCUT2D eigenvalue weighted by atomic mass is 16.3. The summed E-state index contributed by atoms with van der Waals surface area (Å²) in [4.78, 5) is 22.2. The molecule has 1 aromatic rings. The van der Waals surface area contributed by atoms with Crippen molar-refractivity contribution in [3.8, 4) is 11.5 Å². The predicted molar refractivity (Wildman–Crippen MR) is 60.8 cm³/mol. The van der Waals surface area contributed by atoms with E-state index < -0.39 is 5.91 Å². The minimum atomic E-state index is -0.592. The maximum absolute atomic E-state index is 11.6. The first-order valence-electron chi connectivity index (χ1n) is 5.06. The van der Waals surface area contributed by atoms with Crippen LogP contribution in [0.15, 0.2) is 18.2 Å². The zero-order valence-corrected chi connectivity index (χ0v) is 9.36. The average molecular weight is 238 g/mol. The number of phenols is 2. The molecule has 0 radical (unpaired) electrons. The summed E-state index contributed by atoms with van der Waals surface area (Å²) in [5, 5.41) is 23.8. The van der Waals surface area contributed by atoms with Crippen LogP contribution in [0.25, 0.3) is 0 Å². The van der Waals surface area contributed by atoms with Gasteiger partial charge in [0.2, 0.25) is 5.91 Å². The molecule has 17 heavy (non-hydrogen) atoms. The lowest BCUT2D eigenvalue weighted by atomic mass is 10.1. The van der Waals surface area contributed by atoms with Crippen LogP contribution >= 0.6 is 0 Å². The summed E-state index contributed by atoms with van der Waals surface area (Å²) >= 11 is 0. The molecule has 6 nitrogen and oxygen atoms in total. The number of benzene rings is 1. The molecule has 4 N–H and O–H groups in total. The average Bonchev–Trinajstić information content (AvgIpc) is 2.24. The Morgan fingerprint density at radius 2 is 1.65 bits per heavy atom. The maximum atomic E-state index is 11.6. The fraction of sp³-hybridized carbons (Fsp3) is 0.273. The van der Waals surface area contributed by atoms with Crippen molar-refractivity contribution in [1.82, 2.24) is 10.6 Å². The van der Waals surface area contributed by atoms with E-state index >= 15 is 0 Å². The number of carbonyl (C=O) groups excluding carboxylic acids is 2. The number of aromatic hydroxyl groups is 2. The number of hydrogen-bond donors (Lipinski definition) is 4. The zero-order chi connectivity index (χ0) is 12.8. The van der Waals surface area contributed by atoms with E-state index in [0.29, 0.717) is 0 Å². The number of hydrogen-bond acceptors (Lipinski definition) is 4. The van der Waals surface area contributed by atoms with Crippen LogP contribution < -0.4 is 10.6 Å². The van der Waals surface area contributed by atoms with Crippen LogP contribution in [-0.4, -0.2) is 35.1 Å². The van der Waals surface area contributed by atoms with Crippen LogP contribution in [0.5, 0.6) is 11.5 Å². The Bertz CT molecular complexity index is 411. The summed E-state index contributed by atoms with van der Waals surface area (Å²) in [5.74, 6) is -1.36. The van der Waals surface area contributed by atoms with Gasteiger partial charge in [-0.1, -0.05) is 6.07 Å². The van der Waals surface area contributed by atoms with Gasteiger partial charge in [-0.15, -0.1) is 0 Å². The first kappa shape index (κ1) is 12.8. The Morgan fingerprint density at radius 1 is 1.12 bits per heavy atom. The Balaban J connectivity index is 2.55. The molecule has 0 aliphatic carbocycles. The first-order chi connectivity index (χ1) is 8.02. The van der Waals surface area contributed by atoms with E-state index in [1.807, 2.05) is 0 Å². The second-order valence-corrected chi connectivity index (χ2v) is 3.41. The molecule has 6 heteroatoms. The van der Waals surface area contributed by atoms with Crippen LogP contribution in [0.3, 0.4) is 0 Å². The van der Waals surface area contributed by atoms with Crippen LogP contribution in [0.4, 0.5) is 0 Å². The monoisotopic (exact) mass is 238 g/mol. The van der Waals surface area contributed by atoms with E-state index in [2.05, 4.69) is 10.6 Å². The summed E-state index contributed by atoms with van der Waals surface area (Å²) in [5.41, 5.74) is -0.171. The summed E-state index contributed by atoms with van der Waals surface area (Å²) < 4.78 is 0. The van der Waals surface area contributed by atoms with Gasteiger partial charge in [0.1, 0.15) is 17.1 Å². The molecule has 0 saturated carbocycles. The lowest BCUT2D eigenvalue weighted by molar-refractivity contribution is -0.118. The largest absolute Gasteiger partial charge is 0.507 e. The molecule has 0 aliphatic heterocycles. The third-order valence-electron chi connectivity index (χ3n) is 2.03. The van der Waals surface area contributed by atoms with Crippen molar-refractivity contribution in [2.75, 3.05) is 13.1 Å². The van der Waals surface area contributed by atoms with Gasteiger partial charge in [-0.2, -0.15) is 0 Å². The van der Waals surface area contributed by atoms with Gasteiger partial charge in [0, 0.05) is 20.0 Å². The summed E-state index contributed by atoms with van der Waals surface area (Å²) in [6.45, 7) is 1.87. The van der Waals surface area contributed by atoms with Crippen molar-refractivity contribution in [2.45, 2.75) is 6.92 Å². The third-order valence-corrected chi connectivity index (χ3v) is 2.03. The molecule has 1 rings (SSSR count). The van der Waals surface area contributed by atoms with Gasteiger partial charge in [-0.05, 0) is 12.1 Å². The number of phenolic OH excluding ortho intramolecular Hbond substituents is 2. The molecule has 0 atom stereocenters. The van der Waals surface area contributed by atoms with Gasteiger partial charge in [-0.3, -0.25) is 9.59 Å². The van der Waals surface area contributed by atoms with E-state index in [1.54, 1.807) is 0 Å². The molecule has 0 aliphatic rings. The van der Waals surface area contributed by atoms with Crippen molar-refractivity contribution in [3.63, 3.8) is 0 Å². The van der Waals surface area contributed by atoms with Crippen LogP contribution in [0.1, 0.15) is 17.3 Å². The molecular weight excluding hydrogens is 224 g/mol. The lowest BCUT2D eigenvalue weighted by Crippen LogP contribution is -2.33. The zero-order valence-electron chi connectivity index (χ0n) is 9.36. The molecule has 0 heterocycles. The molecule has 0 aromatic heterocycles. The van der Waals surface area contributed by atoms with E-state index in [-0.39, 0.29) is 36.1 Å². The second-order valence-electron chi connectivity index (χ2n) is 3.41. The number of nitrogens with one attached hydrogen (secondary N) is 2. The lowest BCUT2D eigenvalue weighted by Gasteiger charge is -2.08. The summed E-state index contributed by atoms with van der Waals surface area (Å²) in [7, 11) is 0. The van der Waals surface area contributed by atoms with Crippen molar-refractivity contribution in [3.05, 3.63) is 23.8 Å². The van der Waals surface area contributed by atoms with Crippen LogP contribution in [-0.2, 0) is 4.79 Å². The molecule has 0 unspecified atom stereocenters.